The Morgan fingerprint density at radius 1 is 0.947 bits per heavy atom. The molecule has 1 atom stereocenters. The van der Waals surface area contributed by atoms with Crippen molar-refractivity contribution < 1.29 is 0 Å². The second-order valence-corrected chi connectivity index (χ2v) is 4.76. The first-order chi connectivity index (χ1) is 9.35. The molecule has 0 heterocycles. The maximum Gasteiger partial charge on any atom is 0.0317 e. The molecule has 0 fully saturated rings. The molecule has 2 rings (SSSR count). The summed E-state index contributed by atoms with van der Waals surface area (Å²) < 4.78 is 0. The molecular formula is C17H22N2. The third kappa shape index (κ3) is 3.66. The number of nitrogens with two attached hydrogens (primary N) is 1. The van der Waals surface area contributed by atoms with Gasteiger partial charge >= 0.3 is 0 Å². The Morgan fingerprint density at radius 2 is 1.58 bits per heavy atom. The second-order valence-electron chi connectivity index (χ2n) is 4.76. The van der Waals surface area contributed by atoms with Crippen molar-refractivity contribution >= 4 is 0 Å². The first-order valence-corrected chi connectivity index (χ1v) is 6.88. The van der Waals surface area contributed by atoms with Crippen LogP contribution >= 0.6 is 0 Å². The quantitative estimate of drug-likeness (QED) is 0.829. The summed E-state index contributed by atoms with van der Waals surface area (Å²) in [5.74, 6) is 0. The Labute approximate surface area is 115 Å². The van der Waals surface area contributed by atoms with Crippen LogP contribution < -0.4 is 11.1 Å². The Kier molecular flexibility index (Phi) is 5.13. The molecule has 0 bridgehead atoms. The van der Waals surface area contributed by atoms with Crippen LogP contribution in [0.5, 0.6) is 0 Å². The van der Waals surface area contributed by atoms with Gasteiger partial charge in [0.15, 0.2) is 0 Å². The molecule has 0 saturated carbocycles. The van der Waals surface area contributed by atoms with Gasteiger partial charge in [0.2, 0.25) is 0 Å². The highest BCUT2D eigenvalue weighted by Gasteiger charge is 2.08. The van der Waals surface area contributed by atoms with Gasteiger partial charge in [0.25, 0.3) is 0 Å². The van der Waals surface area contributed by atoms with Gasteiger partial charge in [-0.2, -0.15) is 0 Å². The zero-order chi connectivity index (χ0) is 13.5. The van der Waals surface area contributed by atoms with E-state index in [0.29, 0.717) is 6.04 Å². The molecule has 0 radical (unpaired) electrons. The number of hydrogen-bond acceptors (Lipinski definition) is 2. The van der Waals surface area contributed by atoms with E-state index in [0.717, 1.165) is 19.4 Å². The van der Waals surface area contributed by atoms with Crippen molar-refractivity contribution in [2.45, 2.75) is 18.9 Å². The minimum atomic E-state index is 0.397. The van der Waals surface area contributed by atoms with Crippen molar-refractivity contribution in [2.75, 3.05) is 13.6 Å². The lowest BCUT2D eigenvalue weighted by Crippen LogP contribution is -2.17. The highest BCUT2D eigenvalue weighted by atomic mass is 14.9. The maximum atomic E-state index is 5.58. The highest BCUT2D eigenvalue weighted by Crippen LogP contribution is 2.23. The zero-order valence-corrected chi connectivity index (χ0v) is 11.5. The van der Waals surface area contributed by atoms with E-state index in [1.165, 1.54) is 16.7 Å². The molecule has 0 amide bonds. The molecule has 0 spiro atoms. The predicted molar refractivity (Wildman–Crippen MR) is 82.0 cm³/mol. The van der Waals surface area contributed by atoms with Gasteiger partial charge in [0, 0.05) is 6.04 Å². The molecule has 2 aromatic rings. The molecule has 0 aromatic heterocycles. The molecular weight excluding hydrogens is 232 g/mol. The standard InChI is InChI=1S/C17H22N2/c1-19-17(8-5-13-18)16-11-9-15(10-12-16)14-6-3-2-4-7-14/h2-4,6-7,9-12,17,19H,5,8,13,18H2,1H3. The second kappa shape index (κ2) is 7.07. The van der Waals surface area contributed by atoms with E-state index >= 15 is 0 Å². The Bertz CT molecular complexity index is 476. The number of nitrogens with one attached hydrogen (secondary N) is 1. The van der Waals surface area contributed by atoms with E-state index in [1.54, 1.807) is 0 Å². The van der Waals surface area contributed by atoms with Crippen LogP contribution in [0.25, 0.3) is 11.1 Å². The lowest BCUT2D eigenvalue weighted by molar-refractivity contribution is 0.531. The molecule has 0 aliphatic carbocycles. The van der Waals surface area contributed by atoms with Gasteiger partial charge in [0.1, 0.15) is 0 Å². The van der Waals surface area contributed by atoms with Gasteiger partial charge in [-0.3, -0.25) is 0 Å². The normalized spacial score (nSPS) is 12.3. The fourth-order valence-corrected chi connectivity index (χ4v) is 2.34. The molecule has 0 aliphatic rings. The van der Waals surface area contributed by atoms with Crippen molar-refractivity contribution in [2.24, 2.45) is 5.73 Å². The molecule has 100 valence electrons. The van der Waals surface area contributed by atoms with Crippen molar-refractivity contribution in [3.63, 3.8) is 0 Å². The Morgan fingerprint density at radius 3 is 2.16 bits per heavy atom. The monoisotopic (exact) mass is 254 g/mol. The highest BCUT2D eigenvalue weighted by molar-refractivity contribution is 5.63. The predicted octanol–water partition coefficient (Wildman–Crippen LogP) is 3.35. The van der Waals surface area contributed by atoms with E-state index in [1.807, 2.05) is 13.1 Å². The molecule has 1 unspecified atom stereocenters. The molecule has 0 aliphatic heterocycles. The summed E-state index contributed by atoms with van der Waals surface area (Å²) in [5.41, 5.74) is 9.43. The van der Waals surface area contributed by atoms with E-state index in [4.69, 9.17) is 5.73 Å². The van der Waals surface area contributed by atoms with Crippen LogP contribution in [-0.2, 0) is 0 Å². The summed E-state index contributed by atoms with van der Waals surface area (Å²) in [5, 5.41) is 3.36. The van der Waals surface area contributed by atoms with Crippen LogP contribution in [-0.4, -0.2) is 13.6 Å². The molecule has 3 N–H and O–H groups in total. The van der Waals surface area contributed by atoms with E-state index in [-0.39, 0.29) is 0 Å². The van der Waals surface area contributed by atoms with Gasteiger partial charge in [-0.1, -0.05) is 54.6 Å². The Hall–Kier alpha value is -1.64. The van der Waals surface area contributed by atoms with E-state index in [2.05, 4.69) is 53.8 Å². The summed E-state index contributed by atoms with van der Waals surface area (Å²) in [6, 6.07) is 19.7. The first kappa shape index (κ1) is 13.8. The summed E-state index contributed by atoms with van der Waals surface area (Å²) >= 11 is 0. The summed E-state index contributed by atoms with van der Waals surface area (Å²) in [4.78, 5) is 0. The average molecular weight is 254 g/mol. The average Bonchev–Trinajstić information content (AvgIpc) is 2.49. The fraction of sp³-hybridized carbons (Fsp3) is 0.294. The minimum absolute atomic E-state index is 0.397. The summed E-state index contributed by atoms with van der Waals surface area (Å²) in [6.07, 6.45) is 2.13. The van der Waals surface area contributed by atoms with Crippen LogP contribution in [0.1, 0.15) is 24.4 Å². The number of hydrogen-bond donors (Lipinski definition) is 2. The summed E-state index contributed by atoms with van der Waals surface area (Å²) in [7, 11) is 2.01. The van der Waals surface area contributed by atoms with Crippen molar-refractivity contribution in [3.8, 4) is 11.1 Å². The Balaban J connectivity index is 2.13. The molecule has 2 nitrogen and oxygen atoms in total. The van der Waals surface area contributed by atoms with Crippen LogP contribution in [0.2, 0.25) is 0 Å². The van der Waals surface area contributed by atoms with Crippen LogP contribution in [0.4, 0.5) is 0 Å². The minimum Gasteiger partial charge on any atom is -0.330 e. The van der Waals surface area contributed by atoms with Crippen LogP contribution in [0.15, 0.2) is 54.6 Å². The summed E-state index contributed by atoms with van der Waals surface area (Å²) in [6.45, 7) is 0.750. The molecule has 2 heteroatoms. The van der Waals surface area contributed by atoms with E-state index in [9.17, 15) is 0 Å². The maximum absolute atomic E-state index is 5.58. The van der Waals surface area contributed by atoms with Gasteiger partial charge < -0.3 is 11.1 Å². The van der Waals surface area contributed by atoms with Gasteiger partial charge in [-0.15, -0.1) is 0 Å². The number of rotatable bonds is 6. The molecule has 2 aromatic carbocycles. The molecule has 19 heavy (non-hydrogen) atoms. The zero-order valence-electron chi connectivity index (χ0n) is 11.5. The number of benzene rings is 2. The lowest BCUT2D eigenvalue weighted by Gasteiger charge is -2.16. The lowest BCUT2D eigenvalue weighted by atomic mass is 9.98. The van der Waals surface area contributed by atoms with Crippen LogP contribution in [0, 0.1) is 0 Å². The van der Waals surface area contributed by atoms with Crippen molar-refractivity contribution in [1.29, 1.82) is 0 Å². The smallest absolute Gasteiger partial charge is 0.0317 e. The fourth-order valence-electron chi connectivity index (χ4n) is 2.34. The van der Waals surface area contributed by atoms with Crippen molar-refractivity contribution in [3.05, 3.63) is 60.2 Å². The van der Waals surface area contributed by atoms with Crippen LogP contribution in [0.3, 0.4) is 0 Å². The SMILES string of the molecule is CNC(CCCN)c1ccc(-c2ccccc2)cc1. The van der Waals surface area contributed by atoms with E-state index < -0.39 is 0 Å². The van der Waals surface area contributed by atoms with Crippen molar-refractivity contribution in [1.82, 2.24) is 5.32 Å². The van der Waals surface area contributed by atoms with Gasteiger partial charge in [-0.05, 0) is 43.1 Å². The third-order valence-electron chi connectivity index (χ3n) is 3.47. The van der Waals surface area contributed by atoms with Gasteiger partial charge in [0.05, 0.1) is 0 Å². The van der Waals surface area contributed by atoms with Gasteiger partial charge in [-0.25, -0.2) is 0 Å². The third-order valence-corrected chi connectivity index (χ3v) is 3.47. The largest absolute Gasteiger partial charge is 0.330 e. The first-order valence-electron chi connectivity index (χ1n) is 6.88. The molecule has 0 saturated heterocycles. The topological polar surface area (TPSA) is 38.0 Å².